The summed E-state index contributed by atoms with van der Waals surface area (Å²) >= 11 is 0. The molecule has 0 aromatic carbocycles. The van der Waals surface area contributed by atoms with Crippen molar-refractivity contribution in [2.45, 2.75) is 51.0 Å². The maximum atomic E-state index is 3.63. The molecule has 4 rings (SSSR count). The first-order chi connectivity index (χ1) is 6.13. The van der Waals surface area contributed by atoms with Crippen LogP contribution in [0.15, 0.2) is 0 Å². The van der Waals surface area contributed by atoms with E-state index in [1.165, 1.54) is 32.1 Å². The van der Waals surface area contributed by atoms with Gasteiger partial charge in [0.05, 0.1) is 0 Å². The average molecular weight is 179 g/mol. The predicted octanol–water partition coefficient (Wildman–Crippen LogP) is 2.56. The van der Waals surface area contributed by atoms with E-state index in [0.717, 1.165) is 11.8 Å². The molecule has 1 heteroatoms. The van der Waals surface area contributed by atoms with Gasteiger partial charge in [-0.2, -0.15) is 0 Å². The maximum absolute atomic E-state index is 3.63. The van der Waals surface area contributed by atoms with E-state index in [9.17, 15) is 0 Å². The number of hydrogen-bond donors (Lipinski definition) is 1. The second kappa shape index (κ2) is 2.31. The van der Waals surface area contributed by atoms with E-state index in [4.69, 9.17) is 0 Å². The summed E-state index contributed by atoms with van der Waals surface area (Å²) in [6.45, 7) is 2.52. The van der Waals surface area contributed by atoms with Crippen LogP contribution in [0.25, 0.3) is 0 Å². The first-order valence-electron chi connectivity index (χ1n) is 5.82. The Morgan fingerprint density at radius 3 is 2.15 bits per heavy atom. The molecule has 74 valence electrons. The molecule has 2 atom stereocenters. The lowest BCUT2D eigenvalue weighted by atomic mass is 9.47. The average Bonchev–Trinajstić information content (AvgIpc) is 1.99. The Bertz CT molecular complexity index is 219. The van der Waals surface area contributed by atoms with Gasteiger partial charge in [-0.05, 0) is 62.8 Å². The van der Waals surface area contributed by atoms with Crippen molar-refractivity contribution in [2.24, 2.45) is 17.3 Å². The largest absolute Gasteiger partial charge is 0.314 e. The first-order valence-corrected chi connectivity index (χ1v) is 5.82. The lowest BCUT2D eigenvalue weighted by Crippen LogP contribution is -2.60. The second-order valence-electron chi connectivity index (χ2n) is 6.30. The number of nitrogens with one attached hydrogen (secondary N) is 1. The molecule has 1 nitrogen and oxygen atoms in total. The number of hydrogen-bond acceptors (Lipinski definition) is 1. The van der Waals surface area contributed by atoms with Gasteiger partial charge in [0.15, 0.2) is 0 Å². The molecule has 4 bridgehead atoms. The molecule has 4 saturated carbocycles. The molecule has 0 aliphatic heterocycles. The van der Waals surface area contributed by atoms with Crippen molar-refractivity contribution in [2.75, 3.05) is 7.05 Å². The van der Waals surface area contributed by atoms with Crippen molar-refractivity contribution in [3.8, 4) is 0 Å². The van der Waals surface area contributed by atoms with E-state index in [2.05, 4.69) is 19.3 Å². The van der Waals surface area contributed by atoms with Crippen molar-refractivity contribution in [3.05, 3.63) is 0 Å². The molecular formula is C12H21N. The molecule has 1 N–H and O–H groups in total. The predicted molar refractivity (Wildman–Crippen MR) is 54.6 cm³/mol. The summed E-state index contributed by atoms with van der Waals surface area (Å²) in [5.41, 5.74) is 1.26. The van der Waals surface area contributed by atoms with Gasteiger partial charge in [-0.25, -0.2) is 0 Å². The molecule has 0 spiro atoms. The van der Waals surface area contributed by atoms with Crippen LogP contribution < -0.4 is 5.32 Å². The highest BCUT2D eigenvalue weighted by Gasteiger charge is 2.54. The molecule has 0 radical (unpaired) electrons. The standard InChI is InChI=1S/C12H21N/c1-11-4-9-3-10(5-11)7-12(6-9,8-11)13-2/h9-10,13H,3-8H2,1-2H3. The minimum atomic E-state index is 0.554. The molecule has 4 aliphatic carbocycles. The summed E-state index contributed by atoms with van der Waals surface area (Å²) < 4.78 is 0. The van der Waals surface area contributed by atoms with Crippen molar-refractivity contribution in [1.82, 2.24) is 5.32 Å². The van der Waals surface area contributed by atoms with Crippen molar-refractivity contribution in [1.29, 1.82) is 0 Å². The molecule has 0 heterocycles. The van der Waals surface area contributed by atoms with Gasteiger partial charge in [0.2, 0.25) is 0 Å². The van der Waals surface area contributed by atoms with Gasteiger partial charge in [-0.3, -0.25) is 0 Å². The maximum Gasteiger partial charge on any atom is 0.0189 e. The molecule has 2 unspecified atom stereocenters. The van der Waals surface area contributed by atoms with Crippen LogP contribution >= 0.6 is 0 Å². The zero-order chi connectivity index (χ0) is 9.10. The Morgan fingerprint density at radius 1 is 1.08 bits per heavy atom. The SMILES string of the molecule is CNC12CC3CC(CC(C)(C3)C1)C2. The van der Waals surface area contributed by atoms with E-state index < -0.39 is 0 Å². The minimum Gasteiger partial charge on any atom is -0.314 e. The lowest BCUT2D eigenvalue weighted by molar-refractivity contribution is -0.0691. The molecule has 4 fully saturated rings. The molecule has 0 amide bonds. The third-order valence-corrected chi connectivity index (χ3v) is 4.88. The fraction of sp³-hybridized carbons (Fsp3) is 1.00. The van der Waals surface area contributed by atoms with E-state index in [-0.39, 0.29) is 0 Å². The summed E-state index contributed by atoms with van der Waals surface area (Å²) in [6.07, 6.45) is 8.97. The fourth-order valence-corrected chi connectivity index (χ4v) is 5.01. The summed E-state index contributed by atoms with van der Waals surface area (Å²) in [5.74, 6) is 2.11. The first kappa shape index (κ1) is 8.28. The van der Waals surface area contributed by atoms with E-state index in [0.29, 0.717) is 11.0 Å². The third kappa shape index (κ3) is 1.09. The van der Waals surface area contributed by atoms with Crippen molar-refractivity contribution in [3.63, 3.8) is 0 Å². The van der Waals surface area contributed by atoms with Crippen LogP contribution in [0.3, 0.4) is 0 Å². The topological polar surface area (TPSA) is 12.0 Å². The van der Waals surface area contributed by atoms with Gasteiger partial charge >= 0.3 is 0 Å². The van der Waals surface area contributed by atoms with E-state index in [1.807, 2.05) is 0 Å². The van der Waals surface area contributed by atoms with Crippen LogP contribution in [0, 0.1) is 17.3 Å². The van der Waals surface area contributed by atoms with Gasteiger partial charge in [0.25, 0.3) is 0 Å². The fourth-order valence-electron chi connectivity index (χ4n) is 5.01. The molecule has 0 aromatic heterocycles. The summed E-state index contributed by atoms with van der Waals surface area (Å²) in [7, 11) is 2.18. The highest BCUT2D eigenvalue weighted by atomic mass is 15.0. The highest BCUT2D eigenvalue weighted by molar-refractivity contribution is 5.09. The Labute approximate surface area is 81.3 Å². The van der Waals surface area contributed by atoms with Crippen LogP contribution in [0.1, 0.15) is 45.4 Å². The zero-order valence-electron chi connectivity index (χ0n) is 8.90. The normalized spacial score (nSPS) is 58.6. The van der Waals surface area contributed by atoms with Gasteiger partial charge in [-0.15, -0.1) is 0 Å². The number of rotatable bonds is 1. The zero-order valence-corrected chi connectivity index (χ0v) is 8.90. The third-order valence-electron chi connectivity index (χ3n) is 4.88. The van der Waals surface area contributed by atoms with Crippen LogP contribution in [0.5, 0.6) is 0 Å². The monoisotopic (exact) mass is 179 g/mol. The molecule has 13 heavy (non-hydrogen) atoms. The molecule has 0 saturated heterocycles. The van der Waals surface area contributed by atoms with Crippen LogP contribution in [-0.2, 0) is 0 Å². The van der Waals surface area contributed by atoms with Crippen LogP contribution in [0.4, 0.5) is 0 Å². The van der Waals surface area contributed by atoms with E-state index in [1.54, 1.807) is 6.42 Å². The summed E-state index contributed by atoms with van der Waals surface area (Å²) in [4.78, 5) is 0. The highest BCUT2D eigenvalue weighted by Crippen LogP contribution is 2.61. The van der Waals surface area contributed by atoms with Gasteiger partial charge in [-0.1, -0.05) is 6.92 Å². The van der Waals surface area contributed by atoms with E-state index >= 15 is 0 Å². The molecular weight excluding hydrogens is 158 g/mol. The Hall–Kier alpha value is -0.0400. The van der Waals surface area contributed by atoms with Gasteiger partial charge in [0.1, 0.15) is 0 Å². The van der Waals surface area contributed by atoms with Crippen molar-refractivity contribution >= 4 is 0 Å². The second-order valence-corrected chi connectivity index (χ2v) is 6.30. The van der Waals surface area contributed by atoms with Crippen molar-refractivity contribution < 1.29 is 0 Å². The van der Waals surface area contributed by atoms with Gasteiger partial charge in [0, 0.05) is 5.54 Å². The quantitative estimate of drug-likeness (QED) is 0.652. The minimum absolute atomic E-state index is 0.554. The van der Waals surface area contributed by atoms with Gasteiger partial charge < -0.3 is 5.32 Å². The molecule has 4 aliphatic rings. The summed E-state index contributed by atoms with van der Waals surface area (Å²) in [5, 5.41) is 3.63. The summed E-state index contributed by atoms with van der Waals surface area (Å²) in [6, 6.07) is 0. The Morgan fingerprint density at radius 2 is 1.69 bits per heavy atom. The van der Waals surface area contributed by atoms with Crippen LogP contribution in [-0.4, -0.2) is 12.6 Å². The lowest BCUT2D eigenvalue weighted by Gasteiger charge is -2.61. The Balaban J connectivity index is 1.95. The Kier molecular flexibility index (Phi) is 1.47. The molecule has 0 aromatic rings. The smallest absolute Gasteiger partial charge is 0.0189 e. The van der Waals surface area contributed by atoms with Crippen LogP contribution in [0.2, 0.25) is 0 Å².